The molecule has 0 radical (unpaired) electrons. The zero-order chi connectivity index (χ0) is 14.7. The maximum Gasteiger partial charge on any atom is 0.223 e. The van der Waals surface area contributed by atoms with Crippen LogP contribution in [0.2, 0.25) is 0 Å². The molecule has 1 aromatic rings. The van der Waals surface area contributed by atoms with Gasteiger partial charge in [-0.05, 0) is 43.1 Å². The molecule has 2 aliphatic rings. The van der Waals surface area contributed by atoms with Gasteiger partial charge >= 0.3 is 0 Å². The van der Waals surface area contributed by atoms with Crippen molar-refractivity contribution in [3.8, 4) is 0 Å². The number of amides is 1. The van der Waals surface area contributed by atoms with Crippen LogP contribution in [0.1, 0.15) is 56.6 Å². The number of benzene rings is 1. The quantitative estimate of drug-likeness (QED) is 0.873. The Hall–Kier alpha value is -1.35. The molecule has 3 atom stereocenters. The van der Waals surface area contributed by atoms with Gasteiger partial charge < -0.3 is 10.4 Å². The molecular weight excluding hydrogens is 262 g/mol. The van der Waals surface area contributed by atoms with Crippen molar-refractivity contribution in [3.05, 3.63) is 35.9 Å². The van der Waals surface area contributed by atoms with Gasteiger partial charge in [-0.15, -0.1) is 0 Å². The molecule has 3 nitrogen and oxygen atoms in total. The van der Waals surface area contributed by atoms with E-state index in [1.54, 1.807) is 0 Å². The standard InChI is InChI=1S/C18H25NO2/c20-17(14-5-2-1-3-6-14)12-18(21)19-16-8-4-7-15(11-16)13-9-10-13/h1-3,5-6,13,15-17,20H,4,7-12H2,(H,19,21). The smallest absolute Gasteiger partial charge is 0.223 e. The van der Waals surface area contributed by atoms with Gasteiger partial charge in [0.25, 0.3) is 0 Å². The summed E-state index contributed by atoms with van der Waals surface area (Å²) >= 11 is 0. The molecule has 114 valence electrons. The van der Waals surface area contributed by atoms with E-state index in [4.69, 9.17) is 0 Å². The van der Waals surface area contributed by atoms with Crippen molar-refractivity contribution in [2.45, 2.75) is 57.1 Å². The van der Waals surface area contributed by atoms with Gasteiger partial charge in [0.05, 0.1) is 12.5 Å². The highest BCUT2D eigenvalue weighted by molar-refractivity contribution is 5.77. The van der Waals surface area contributed by atoms with Gasteiger partial charge in [0.2, 0.25) is 5.91 Å². The summed E-state index contributed by atoms with van der Waals surface area (Å²) in [7, 11) is 0. The topological polar surface area (TPSA) is 49.3 Å². The third kappa shape index (κ3) is 4.07. The predicted octanol–water partition coefficient (Wildman–Crippen LogP) is 3.20. The molecule has 1 amide bonds. The molecule has 3 rings (SSSR count). The van der Waals surface area contributed by atoms with Gasteiger partial charge in [-0.3, -0.25) is 4.79 Å². The molecule has 1 aromatic carbocycles. The van der Waals surface area contributed by atoms with Crippen molar-refractivity contribution >= 4 is 5.91 Å². The van der Waals surface area contributed by atoms with Crippen molar-refractivity contribution in [2.75, 3.05) is 0 Å². The minimum Gasteiger partial charge on any atom is -0.388 e. The first kappa shape index (κ1) is 14.6. The average Bonchev–Trinajstić information content (AvgIpc) is 3.33. The molecule has 0 spiro atoms. The summed E-state index contributed by atoms with van der Waals surface area (Å²) < 4.78 is 0. The van der Waals surface area contributed by atoms with E-state index in [0.29, 0.717) is 6.04 Å². The maximum absolute atomic E-state index is 12.1. The number of hydrogen-bond acceptors (Lipinski definition) is 2. The highest BCUT2D eigenvalue weighted by Crippen LogP contribution is 2.43. The van der Waals surface area contributed by atoms with Gasteiger partial charge in [0, 0.05) is 6.04 Å². The van der Waals surface area contributed by atoms with Crippen LogP contribution in [0.4, 0.5) is 0 Å². The normalized spacial score (nSPS) is 27.1. The van der Waals surface area contributed by atoms with E-state index in [2.05, 4.69) is 5.32 Å². The first-order valence-corrected chi connectivity index (χ1v) is 8.24. The van der Waals surface area contributed by atoms with Crippen molar-refractivity contribution in [3.63, 3.8) is 0 Å². The Labute approximate surface area is 126 Å². The lowest BCUT2D eigenvalue weighted by molar-refractivity contribution is -0.124. The van der Waals surface area contributed by atoms with Crippen LogP contribution in [0.15, 0.2) is 30.3 Å². The fraction of sp³-hybridized carbons (Fsp3) is 0.611. The van der Waals surface area contributed by atoms with E-state index in [1.807, 2.05) is 30.3 Å². The lowest BCUT2D eigenvalue weighted by Crippen LogP contribution is -2.39. The van der Waals surface area contributed by atoms with Crippen LogP contribution >= 0.6 is 0 Å². The van der Waals surface area contributed by atoms with Crippen LogP contribution in [-0.4, -0.2) is 17.1 Å². The van der Waals surface area contributed by atoms with Crippen LogP contribution in [0, 0.1) is 11.8 Å². The summed E-state index contributed by atoms with van der Waals surface area (Å²) in [5.74, 6) is 1.73. The van der Waals surface area contributed by atoms with E-state index in [-0.39, 0.29) is 12.3 Å². The zero-order valence-electron chi connectivity index (χ0n) is 12.5. The van der Waals surface area contributed by atoms with Crippen LogP contribution < -0.4 is 5.32 Å². The van der Waals surface area contributed by atoms with Gasteiger partial charge in [-0.1, -0.05) is 43.2 Å². The summed E-state index contributed by atoms with van der Waals surface area (Å²) in [4.78, 5) is 12.1. The second kappa shape index (κ2) is 6.61. The van der Waals surface area contributed by atoms with E-state index in [1.165, 1.54) is 25.7 Å². The Kier molecular flexibility index (Phi) is 4.59. The van der Waals surface area contributed by atoms with Crippen molar-refractivity contribution in [1.82, 2.24) is 5.32 Å². The Morgan fingerprint density at radius 1 is 1.14 bits per heavy atom. The van der Waals surface area contributed by atoms with Gasteiger partial charge in [-0.2, -0.15) is 0 Å². The minimum absolute atomic E-state index is 0.0206. The van der Waals surface area contributed by atoms with Gasteiger partial charge in [-0.25, -0.2) is 0 Å². The molecule has 0 saturated heterocycles. The molecule has 0 aromatic heterocycles. The molecule has 2 saturated carbocycles. The van der Waals surface area contributed by atoms with Crippen LogP contribution in [0.3, 0.4) is 0 Å². The van der Waals surface area contributed by atoms with Crippen LogP contribution in [-0.2, 0) is 4.79 Å². The fourth-order valence-corrected chi connectivity index (χ4v) is 3.61. The monoisotopic (exact) mass is 287 g/mol. The average molecular weight is 287 g/mol. The summed E-state index contributed by atoms with van der Waals surface area (Å²) in [5.41, 5.74) is 0.812. The summed E-state index contributed by atoms with van der Waals surface area (Å²) in [6.45, 7) is 0. The van der Waals surface area contributed by atoms with Crippen LogP contribution in [0.25, 0.3) is 0 Å². The molecule has 21 heavy (non-hydrogen) atoms. The molecule has 3 unspecified atom stereocenters. The van der Waals surface area contributed by atoms with Crippen molar-refractivity contribution in [2.24, 2.45) is 11.8 Å². The Morgan fingerprint density at radius 3 is 2.62 bits per heavy atom. The molecule has 0 heterocycles. The molecule has 0 bridgehead atoms. The number of aliphatic hydroxyl groups excluding tert-OH is 1. The molecule has 2 N–H and O–H groups in total. The van der Waals surface area contributed by atoms with E-state index in [9.17, 15) is 9.90 Å². The lowest BCUT2D eigenvalue weighted by atomic mass is 9.82. The number of nitrogens with one attached hydrogen (secondary N) is 1. The van der Waals surface area contributed by atoms with Crippen molar-refractivity contribution < 1.29 is 9.90 Å². The number of aliphatic hydroxyl groups is 1. The lowest BCUT2D eigenvalue weighted by Gasteiger charge is -2.30. The predicted molar refractivity (Wildman–Crippen MR) is 82.6 cm³/mol. The van der Waals surface area contributed by atoms with Gasteiger partial charge in [0.15, 0.2) is 0 Å². The van der Waals surface area contributed by atoms with E-state index >= 15 is 0 Å². The first-order valence-electron chi connectivity index (χ1n) is 8.24. The largest absolute Gasteiger partial charge is 0.388 e. The molecule has 0 aliphatic heterocycles. The molecular formula is C18H25NO2. The number of carbonyl (C=O) groups is 1. The Bertz CT molecular complexity index is 469. The van der Waals surface area contributed by atoms with Crippen LogP contribution in [0.5, 0.6) is 0 Å². The third-order valence-electron chi connectivity index (χ3n) is 4.93. The number of carbonyl (C=O) groups excluding carboxylic acids is 1. The van der Waals surface area contributed by atoms with E-state index in [0.717, 1.165) is 30.2 Å². The minimum atomic E-state index is -0.700. The zero-order valence-corrected chi connectivity index (χ0v) is 12.5. The number of rotatable bonds is 5. The maximum atomic E-state index is 12.1. The third-order valence-corrected chi connectivity index (χ3v) is 4.93. The molecule has 3 heteroatoms. The summed E-state index contributed by atoms with van der Waals surface area (Å²) in [5, 5.41) is 13.2. The highest BCUT2D eigenvalue weighted by atomic mass is 16.3. The fourth-order valence-electron chi connectivity index (χ4n) is 3.61. The SMILES string of the molecule is O=C(CC(O)c1ccccc1)NC1CCCC(C2CC2)C1. The molecule has 2 aliphatic carbocycles. The van der Waals surface area contributed by atoms with Gasteiger partial charge in [0.1, 0.15) is 0 Å². The molecule has 2 fully saturated rings. The summed E-state index contributed by atoms with van der Waals surface area (Å²) in [6.07, 6.45) is 7.03. The van der Waals surface area contributed by atoms with E-state index < -0.39 is 6.10 Å². The Morgan fingerprint density at radius 2 is 1.90 bits per heavy atom. The Balaban J connectivity index is 1.47. The summed E-state index contributed by atoms with van der Waals surface area (Å²) in [6, 6.07) is 9.73. The van der Waals surface area contributed by atoms with Crippen molar-refractivity contribution in [1.29, 1.82) is 0 Å². The first-order chi connectivity index (χ1) is 10.2. The second-order valence-corrected chi connectivity index (χ2v) is 6.66. The highest BCUT2D eigenvalue weighted by Gasteiger charge is 2.35. The second-order valence-electron chi connectivity index (χ2n) is 6.66. The number of hydrogen-bond donors (Lipinski definition) is 2.